The molecule has 1 saturated carbocycles. The van der Waals surface area contributed by atoms with Crippen molar-refractivity contribution >= 4 is 45.3 Å². The molecule has 432 valence electrons. The lowest BCUT2D eigenvalue weighted by Crippen LogP contribution is -2.61. The first kappa shape index (κ1) is 66.3. The van der Waals surface area contributed by atoms with Crippen LogP contribution in [0, 0.1) is 35.5 Å². The standard InChI is InChI=1S/C55H86N2O14.CH4O3S/c1-33-18-14-13-15-19-34(2)45(66-10)30-41-23-21-39(7)55(65,71-41)52(62)53(63)57-25-17-16-20-42(57)54(64)69-46(36(4)28-40-22-24-43(58)47(29-40)67-11)31-44(59)35(3)27-38(6)50(70-48(60)32-56(8)9)51(68-12)49(61)37(5)26-33;1-5(2,3)4/h13-15,18-19,27,33,35-37,39-43,45-47,50-51,58,65H,16-17,20-26,28-32H2,1-12H3;1H3,(H,2,3,4)/b15-13?,18-14-,34-19?,38-27?;/t33?,35?,36?,37?,39?,40?,41?,42?,43?,45?,46?,47?,50?,51?,55-;/m0./s1. The van der Waals surface area contributed by atoms with Crippen LogP contribution in [0.2, 0.25) is 0 Å². The number of piperidine rings is 1. The van der Waals surface area contributed by atoms with Crippen molar-refractivity contribution < 1.29 is 80.4 Å². The van der Waals surface area contributed by atoms with Crippen molar-refractivity contribution in [3.05, 3.63) is 47.6 Å². The molecule has 15 atom stereocenters. The van der Waals surface area contributed by atoms with Crippen LogP contribution in [0.1, 0.15) is 126 Å². The van der Waals surface area contributed by atoms with Gasteiger partial charge in [0.2, 0.25) is 5.79 Å². The van der Waals surface area contributed by atoms with Gasteiger partial charge in [0, 0.05) is 58.5 Å². The molecular formula is C56H90N2O17S. The molecule has 19 nitrogen and oxygen atoms in total. The van der Waals surface area contributed by atoms with Gasteiger partial charge < -0.3 is 43.5 Å². The van der Waals surface area contributed by atoms with Crippen molar-refractivity contribution in [1.82, 2.24) is 9.80 Å². The van der Waals surface area contributed by atoms with E-state index in [0.717, 1.165) is 5.57 Å². The Morgan fingerprint density at radius 1 is 0.882 bits per heavy atom. The molecule has 76 heavy (non-hydrogen) atoms. The van der Waals surface area contributed by atoms with Crippen molar-refractivity contribution in [2.75, 3.05) is 54.8 Å². The van der Waals surface area contributed by atoms with E-state index in [4.69, 9.17) is 33.0 Å². The molecule has 0 aromatic carbocycles. The fourth-order valence-electron chi connectivity index (χ4n) is 10.7. The minimum Gasteiger partial charge on any atom is -0.460 e. The average molecular weight is 1100 g/mol. The van der Waals surface area contributed by atoms with E-state index in [0.29, 0.717) is 76.0 Å². The molecule has 14 unspecified atom stereocenters. The summed E-state index contributed by atoms with van der Waals surface area (Å²) >= 11 is 0. The van der Waals surface area contributed by atoms with E-state index in [9.17, 15) is 47.4 Å². The molecule has 3 fully saturated rings. The first-order chi connectivity index (χ1) is 35.5. The van der Waals surface area contributed by atoms with E-state index in [1.54, 1.807) is 60.1 Å². The summed E-state index contributed by atoms with van der Waals surface area (Å²) in [5.74, 6) is -8.85. The van der Waals surface area contributed by atoms with Crippen molar-refractivity contribution in [3.63, 3.8) is 0 Å². The number of rotatable bonds is 9. The SMILES string of the molecule is COC1CC2CCC(C)[C@](O)(O2)C(=O)C(=O)N2CCCCC2C(=O)OC(C(C)CC2CCC(O)C(OC)C2)CC(=O)C(C)C=C(C)C(OC(=O)CN(C)C)C(OC)C(=O)C(C)CC(C)/C=C\C=CC=C1C.CS(=O)(=O)O. The number of amides is 1. The van der Waals surface area contributed by atoms with Gasteiger partial charge in [0.05, 0.1) is 37.2 Å². The van der Waals surface area contributed by atoms with Crippen LogP contribution in [-0.4, -0.2) is 178 Å². The lowest BCUT2D eigenvalue weighted by Gasteiger charge is -2.42. The van der Waals surface area contributed by atoms with E-state index in [-0.39, 0.29) is 61.4 Å². The number of aliphatic hydroxyl groups excluding tert-OH is 1. The normalized spacial score (nSPS) is 34.5. The number of esters is 2. The summed E-state index contributed by atoms with van der Waals surface area (Å²) < 4.78 is 61.6. The molecule has 20 heteroatoms. The van der Waals surface area contributed by atoms with Crippen LogP contribution in [0.15, 0.2) is 47.6 Å². The Bertz CT molecular complexity index is 2180. The van der Waals surface area contributed by atoms with E-state index in [1.165, 1.54) is 12.0 Å². The largest absolute Gasteiger partial charge is 0.460 e. The summed E-state index contributed by atoms with van der Waals surface area (Å²) in [5.41, 5.74) is 1.30. The fourth-order valence-corrected chi connectivity index (χ4v) is 10.7. The molecule has 0 spiro atoms. The summed E-state index contributed by atoms with van der Waals surface area (Å²) in [6.45, 7) is 12.7. The Labute approximate surface area is 451 Å². The summed E-state index contributed by atoms with van der Waals surface area (Å²) in [4.78, 5) is 87.9. The first-order valence-electron chi connectivity index (χ1n) is 26.8. The number of Topliss-reactive ketones (excluding diaryl/α,β-unsaturated/α-hetero) is 3. The number of nitrogens with zero attached hydrogens (tertiary/aromatic N) is 2. The maximum atomic E-state index is 14.5. The molecule has 0 aromatic rings. The number of likely N-dealkylation sites (N-methyl/N-ethyl adjacent to an activating group) is 1. The zero-order valence-corrected chi connectivity index (χ0v) is 48.1. The van der Waals surface area contributed by atoms with Gasteiger partial charge in [0.1, 0.15) is 17.9 Å². The van der Waals surface area contributed by atoms with Crippen LogP contribution in [0.5, 0.6) is 0 Å². The van der Waals surface area contributed by atoms with Crippen LogP contribution in [0.4, 0.5) is 0 Å². The second-order valence-corrected chi connectivity index (χ2v) is 23.5. The van der Waals surface area contributed by atoms with Gasteiger partial charge in [0.25, 0.3) is 21.8 Å². The van der Waals surface area contributed by atoms with Gasteiger partial charge in [-0.15, -0.1) is 0 Å². The monoisotopic (exact) mass is 1090 g/mol. The van der Waals surface area contributed by atoms with Crippen molar-refractivity contribution in [3.8, 4) is 0 Å². The number of carbonyl (C=O) groups is 6. The summed E-state index contributed by atoms with van der Waals surface area (Å²) in [6.07, 6.45) is 11.7. The van der Waals surface area contributed by atoms with Crippen molar-refractivity contribution in [2.24, 2.45) is 35.5 Å². The minimum atomic E-state index is -3.67. The van der Waals surface area contributed by atoms with E-state index < -0.39 is 100.0 Å². The molecule has 2 saturated heterocycles. The highest BCUT2D eigenvalue weighted by Gasteiger charge is 2.53. The van der Waals surface area contributed by atoms with Crippen molar-refractivity contribution in [2.45, 2.75) is 180 Å². The number of cyclic esters (lactones) is 1. The summed E-state index contributed by atoms with van der Waals surface area (Å²) in [5, 5.41) is 22.6. The highest BCUT2D eigenvalue weighted by molar-refractivity contribution is 7.85. The average Bonchev–Trinajstić information content (AvgIpc) is 3.34. The number of allylic oxidation sites excluding steroid dienone is 6. The first-order valence-corrected chi connectivity index (χ1v) is 28.6. The quantitative estimate of drug-likeness (QED) is 0.107. The zero-order chi connectivity index (χ0) is 57.2. The van der Waals surface area contributed by atoms with Gasteiger partial charge in [-0.3, -0.25) is 33.4 Å². The predicted molar refractivity (Wildman–Crippen MR) is 285 cm³/mol. The number of methoxy groups -OCH3 is 3. The molecular weight excluding hydrogens is 1000 g/mol. The third-order valence-corrected chi connectivity index (χ3v) is 15.2. The van der Waals surface area contributed by atoms with Gasteiger partial charge in [-0.2, -0.15) is 8.42 Å². The Hall–Kier alpha value is -3.99. The topological polar surface area (TPSA) is 259 Å². The number of fused-ring (bicyclic) bond motifs is 3. The number of ether oxygens (including phenoxy) is 6. The Kier molecular flexibility index (Phi) is 27.0. The number of ketones is 3. The molecule has 4 aliphatic rings. The molecule has 2 bridgehead atoms. The predicted octanol–water partition coefficient (Wildman–Crippen LogP) is 5.80. The molecule has 0 aromatic heterocycles. The van der Waals surface area contributed by atoms with Gasteiger partial charge in [-0.25, -0.2) is 4.79 Å². The third kappa shape index (κ3) is 20.3. The maximum Gasteiger partial charge on any atom is 0.329 e. The van der Waals surface area contributed by atoms with Gasteiger partial charge in [-0.1, -0.05) is 71.1 Å². The van der Waals surface area contributed by atoms with Gasteiger partial charge >= 0.3 is 11.9 Å². The van der Waals surface area contributed by atoms with Gasteiger partial charge in [-0.05, 0) is 121 Å². The number of hydrogen-bond acceptors (Lipinski definition) is 17. The minimum absolute atomic E-state index is 0.0246. The lowest BCUT2D eigenvalue weighted by atomic mass is 9.78. The summed E-state index contributed by atoms with van der Waals surface area (Å²) in [7, 11) is 4.31. The van der Waals surface area contributed by atoms with Crippen LogP contribution in [-0.2, 0) is 67.3 Å². The van der Waals surface area contributed by atoms with Gasteiger partial charge in [0.15, 0.2) is 18.0 Å². The lowest BCUT2D eigenvalue weighted by molar-refractivity contribution is -0.265. The molecule has 1 aliphatic carbocycles. The fraction of sp³-hybridized carbons (Fsp3) is 0.750. The maximum absolute atomic E-state index is 14.5. The van der Waals surface area contributed by atoms with E-state index in [2.05, 4.69) is 0 Å². The number of aliphatic hydroxyl groups is 2. The van der Waals surface area contributed by atoms with Crippen LogP contribution in [0.25, 0.3) is 0 Å². The second kappa shape index (κ2) is 31.0. The molecule has 0 radical (unpaired) electrons. The molecule has 3 heterocycles. The number of carbonyl (C=O) groups excluding carboxylic acids is 6. The van der Waals surface area contributed by atoms with Crippen LogP contribution in [0.3, 0.4) is 0 Å². The van der Waals surface area contributed by atoms with Crippen LogP contribution >= 0.6 is 0 Å². The van der Waals surface area contributed by atoms with Crippen molar-refractivity contribution in [1.29, 1.82) is 0 Å². The highest BCUT2D eigenvalue weighted by Crippen LogP contribution is 2.38. The molecule has 4 rings (SSSR count). The summed E-state index contributed by atoms with van der Waals surface area (Å²) in [6, 6.07) is -1.17. The molecule has 3 aliphatic heterocycles. The zero-order valence-electron chi connectivity index (χ0n) is 47.3. The Morgan fingerprint density at radius 3 is 2.17 bits per heavy atom. The highest BCUT2D eigenvalue weighted by atomic mass is 32.2. The third-order valence-electron chi connectivity index (χ3n) is 15.2. The smallest absolute Gasteiger partial charge is 0.329 e. The second-order valence-electron chi connectivity index (χ2n) is 22.0. The van der Waals surface area contributed by atoms with E-state index >= 15 is 0 Å². The number of hydrogen-bond donors (Lipinski definition) is 3. The van der Waals surface area contributed by atoms with E-state index in [1.807, 2.05) is 58.1 Å². The Balaban J connectivity index is 0.00000290. The Morgan fingerprint density at radius 2 is 1.55 bits per heavy atom. The molecule has 3 N–H and O–H groups in total. The molecule has 1 amide bonds. The van der Waals surface area contributed by atoms with Crippen LogP contribution < -0.4 is 0 Å².